The van der Waals surface area contributed by atoms with Gasteiger partial charge >= 0.3 is 0 Å². The fraction of sp³-hybridized carbons (Fsp3) is 0.615. The Bertz CT molecular complexity index is 459. The van der Waals surface area contributed by atoms with E-state index in [4.69, 9.17) is 9.84 Å². The lowest BCUT2D eigenvalue weighted by atomic mass is 10.2. The molecular formula is C13H19BrN2O3. The van der Waals surface area contributed by atoms with E-state index in [9.17, 15) is 4.79 Å². The summed E-state index contributed by atoms with van der Waals surface area (Å²) in [5.74, 6) is -0.0128. The van der Waals surface area contributed by atoms with Gasteiger partial charge in [0.05, 0.1) is 19.3 Å². The average Bonchev–Trinajstić information content (AvgIpc) is 2.80. The van der Waals surface area contributed by atoms with Crippen molar-refractivity contribution in [2.45, 2.75) is 26.0 Å². The highest BCUT2D eigenvalue weighted by Crippen LogP contribution is 2.21. The normalized spacial score (nSPS) is 20.1. The second-order valence-electron chi connectivity index (χ2n) is 4.97. The number of halogens is 1. The van der Waals surface area contributed by atoms with Crippen LogP contribution in [-0.2, 0) is 4.74 Å². The van der Waals surface area contributed by atoms with Crippen LogP contribution in [0.2, 0.25) is 0 Å². The van der Waals surface area contributed by atoms with Gasteiger partial charge in [-0.1, -0.05) is 0 Å². The number of aliphatic hydroxyl groups is 1. The van der Waals surface area contributed by atoms with Gasteiger partial charge in [0.1, 0.15) is 5.69 Å². The van der Waals surface area contributed by atoms with Crippen molar-refractivity contribution in [3.05, 3.63) is 22.4 Å². The summed E-state index contributed by atoms with van der Waals surface area (Å²) >= 11 is 3.41. The SMILES string of the molecule is CC(C)n1cc(Br)cc1C(=O)N1CCOC(CO)C1. The first-order chi connectivity index (χ1) is 9.02. The van der Waals surface area contributed by atoms with Crippen LogP contribution in [0.15, 0.2) is 16.7 Å². The molecule has 1 N–H and O–H groups in total. The Morgan fingerprint density at radius 3 is 3.00 bits per heavy atom. The number of morpholine rings is 1. The second-order valence-corrected chi connectivity index (χ2v) is 5.89. The third-order valence-electron chi connectivity index (χ3n) is 3.22. The van der Waals surface area contributed by atoms with Gasteiger partial charge in [-0.3, -0.25) is 4.79 Å². The number of carbonyl (C=O) groups is 1. The van der Waals surface area contributed by atoms with Gasteiger partial charge in [-0.05, 0) is 35.8 Å². The number of hydrogen-bond acceptors (Lipinski definition) is 3. The van der Waals surface area contributed by atoms with Crippen LogP contribution in [-0.4, -0.2) is 52.9 Å². The smallest absolute Gasteiger partial charge is 0.270 e. The van der Waals surface area contributed by atoms with E-state index < -0.39 is 0 Å². The van der Waals surface area contributed by atoms with Crippen molar-refractivity contribution in [1.29, 1.82) is 0 Å². The minimum atomic E-state index is -0.274. The maximum atomic E-state index is 12.5. The van der Waals surface area contributed by atoms with Crippen LogP contribution in [0.1, 0.15) is 30.4 Å². The molecule has 1 atom stereocenters. The van der Waals surface area contributed by atoms with Crippen LogP contribution in [0, 0.1) is 0 Å². The van der Waals surface area contributed by atoms with E-state index in [2.05, 4.69) is 15.9 Å². The Balaban J connectivity index is 2.19. The van der Waals surface area contributed by atoms with Gasteiger partial charge in [0.15, 0.2) is 0 Å². The van der Waals surface area contributed by atoms with Gasteiger partial charge in [-0.15, -0.1) is 0 Å². The standard InChI is InChI=1S/C13H19BrN2O3/c1-9(2)16-6-10(14)5-12(16)13(18)15-3-4-19-11(7-15)8-17/h5-6,9,11,17H,3-4,7-8H2,1-2H3. The van der Waals surface area contributed by atoms with E-state index in [-0.39, 0.29) is 24.7 Å². The summed E-state index contributed by atoms with van der Waals surface area (Å²) in [5, 5.41) is 9.13. The summed E-state index contributed by atoms with van der Waals surface area (Å²) in [5.41, 5.74) is 0.667. The van der Waals surface area contributed by atoms with Crippen LogP contribution in [0.4, 0.5) is 0 Å². The average molecular weight is 331 g/mol. The number of nitrogens with zero attached hydrogens (tertiary/aromatic N) is 2. The van der Waals surface area contributed by atoms with Crippen molar-refractivity contribution in [1.82, 2.24) is 9.47 Å². The molecule has 1 fully saturated rings. The summed E-state index contributed by atoms with van der Waals surface area (Å²) in [7, 11) is 0. The van der Waals surface area contributed by atoms with Gasteiger partial charge in [0.25, 0.3) is 5.91 Å². The molecule has 2 heterocycles. The van der Waals surface area contributed by atoms with Crippen LogP contribution in [0.25, 0.3) is 0 Å². The van der Waals surface area contributed by atoms with Gasteiger partial charge in [0.2, 0.25) is 0 Å². The van der Waals surface area contributed by atoms with Crippen LogP contribution >= 0.6 is 15.9 Å². The van der Waals surface area contributed by atoms with Gasteiger partial charge in [0, 0.05) is 29.8 Å². The predicted octanol–water partition coefficient (Wildman–Crippen LogP) is 1.66. The lowest BCUT2D eigenvalue weighted by Crippen LogP contribution is -2.47. The Morgan fingerprint density at radius 1 is 1.63 bits per heavy atom. The molecule has 2 rings (SSSR count). The summed E-state index contributed by atoms with van der Waals surface area (Å²) in [4.78, 5) is 14.3. The van der Waals surface area contributed by atoms with E-state index in [1.54, 1.807) is 4.90 Å². The lowest BCUT2D eigenvalue weighted by molar-refractivity contribution is -0.0449. The number of carbonyl (C=O) groups excluding carboxylic acids is 1. The molecule has 1 aromatic heterocycles. The van der Waals surface area contributed by atoms with Crippen molar-refractivity contribution < 1.29 is 14.6 Å². The minimum Gasteiger partial charge on any atom is -0.394 e. The molecule has 0 spiro atoms. The van der Waals surface area contributed by atoms with Crippen LogP contribution < -0.4 is 0 Å². The molecule has 6 heteroatoms. The molecule has 19 heavy (non-hydrogen) atoms. The first kappa shape index (κ1) is 14.6. The first-order valence-corrected chi connectivity index (χ1v) is 7.21. The van der Waals surface area contributed by atoms with E-state index in [0.29, 0.717) is 25.4 Å². The van der Waals surface area contributed by atoms with E-state index in [1.165, 1.54) is 0 Å². The monoisotopic (exact) mass is 330 g/mol. The van der Waals surface area contributed by atoms with Crippen molar-refractivity contribution in [2.24, 2.45) is 0 Å². The highest BCUT2D eigenvalue weighted by Gasteiger charge is 2.27. The third-order valence-corrected chi connectivity index (χ3v) is 3.65. The molecule has 0 aliphatic carbocycles. The summed E-state index contributed by atoms with van der Waals surface area (Å²) in [6.07, 6.45) is 1.64. The van der Waals surface area contributed by atoms with Crippen LogP contribution in [0.5, 0.6) is 0 Å². The minimum absolute atomic E-state index is 0.0128. The zero-order chi connectivity index (χ0) is 14.0. The fourth-order valence-corrected chi connectivity index (χ4v) is 2.66. The van der Waals surface area contributed by atoms with E-state index >= 15 is 0 Å². The zero-order valence-electron chi connectivity index (χ0n) is 11.2. The third kappa shape index (κ3) is 3.19. The Morgan fingerprint density at radius 2 is 2.37 bits per heavy atom. The Labute approximate surface area is 121 Å². The molecule has 1 aliphatic rings. The molecule has 1 unspecified atom stereocenters. The Kier molecular flexibility index (Phi) is 4.65. The summed E-state index contributed by atoms with van der Waals surface area (Å²) in [6, 6.07) is 2.06. The fourth-order valence-electron chi connectivity index (χ4n) is 2.22. The molecule has 106 valence electrons. The Hall–Kier alpha value is -0.850. The summed E-state index contributed by atoms with van der Waals surface area (Å²) < 4.78 is 8.22. The van der Waals surface area contributed by atoms with Crippen LogP contribution in [0.3, 0.4) is 0 Å². The largest absolute Gasteiger partial charge is 0.394 e. The molecule has 0 aromatic carbocycles. The topological polar surface area (TPSA) is 54.7 Å². The maximum absolute atomic E-state index is 12.5. The highest BCUT2D eigenvalue weighted by atomic mass is 79.9. The zero-order valence-corrected chi connectivity index (χ0v) is 12.8. The van der Waals surface area contributed by atoms with Crippen molar-refractivity contribution >= 4 is 21.8 Å². The van der Waals surface area contributed by atoms with Gasteiger partial charge < -0.3 is 19.3 Å². The molecule has 0 bridgehead atoms. The van der Waals surface area contributed by atoms with Gasteiger partial charge in [-0.25, -0.2) is 0 Å². The number of aromatic nitrogens is 1. The molecule has 1 aliphatic heterocycles. The lowest BCUT2D eigenvalue weighted by Gasteiger charge is -2.32. The maximum Gasteiger partial charge on any atom is 0.270 e. The van der Waals surface area contributed by atoms with Gasteiger partial charge in [-0.2, -0.15) is 0 Å². The molecule has 1 aromatic rings. The molecule has 0 saturated carbocycles. The predicted molar refractivity (Wildman–Crippen MR) is 75.2 cm³/mol. The highest BCUT2D eigenvalue weighted by molar-refractivity contribution is 9.10. The molecule has 0 radical (unpaired) electrons. The number of amides is 1. The van der Waals surface area contributed by atoms with E-state index in [0.717, 1.165) is 4.47 Å². The number of aliphatic hydroxyl groups excluding tert-OH is 1. The van der Waals surface area contributed by atoms with Crippen molar-refractivity contribution in [3.63, 3.8) is 0 Å². The number of ether oxygens (including phenoxy) is 1. The molecular weight excluding hydrogens is 312 g/mol. The number of hydrogen-bond donors (Lipinski definition) is 1. The number of rotatable bonds is 3. The molecule has 1 amide bonds. The molecule has 5 nitrogen and oxygen atoms in total. The van der Waals surface area contributed by atoms with Crippen molar-refractivity contribution in [3.8, 4) is 0 Å². The van der Waals surface area contributed by atoms with E-state index in [1.807, 2.05) is 30.7 Å². The first-order valence-electron chi connectivity index (χ1n) is 6.42. The quantitative estimate of drug-likeness (QED) is 0.917. The summed E-state index contributed by atoms with van der Waals surface area (Å²) in [6.45, 7) is 5.50. The van der Waals surface area contributed by atoms with Crippen molar-refractivity contribution in [2.75, 3.05) is 26.3 Å². The molecule has 1 saturated heterocycles. The second kappa shape index (κ2) is 6.07.